The molecule has 2 rings (SSSR count). The van der Waals surface area contributed by atoms with Crippen LogP contribution in [0.1, 0.15) is 58.2 Å². The second-order valence-electron chi connectivity index (χ2n) is 5.33. The minimum Gasteiger partial charge on any atom is -0.381 e. The molecule has 0 aromatic carbocycles. The summed E-state index contributed by atoms with van der Waals surface area (Å²) in [7, 11) is 0. The fourth-order valence-electron chi connectivity index (χ4n) is 2.57. The van der Waals surface area contributed by atoms with Gasteiger partial charge in [-0.05, 0) is 19.8 Å². The van der Waals surface area contributed by atoms with E-state index in [0.717, 1.165) is 25.7 Å². The first kappa shape index (κ1) is 15.4. The topological polar surface area (TPSA) is 83.4 Å². The summed E-state index contributed by atoms with van der Waals surface area (Å²) in [5.41, 5.74) is 5.28. The first-order chi connectivity index (χ1) is 9.60. The average molecular weight is 283 g/mol. The quantitative estimate of drug-likeness (QED) is 0.860. The van der Waals surface area contributed by atoms with Crippen molar-refractivity contribution in [2.24, 2.45) is 5.73 Å². The van der Waals surface area contributed by atoms with Crippen LogP contribution in [0.4, 0.5) is 0 Å². The van der Waals surface area contributed by atoms with Gasteiger partial charge in [-0.1, -0.05) is 19.0 Å². The number of hydrogen-bond acceptors (Lipinski definition) is 6. The molecule has 1 aromatic heterocycles. The molecule has 114 valence electrons. The smallest absolute Gasteiger partial charge is 0.246 e. The highest BCUT2D eigenvalue weighted by Gasteiger charge is 2.41. The van der Waals surface area contributed by atoms with Gasteiger partial charge in [-0.2, -0.15) is 4.98 Å². The maximum atomic E-state index is 6.32. The third-order valence-corrected chi connectivity index (χ3v) is 4.24. The standard InChI is InChI=1S/C14H25N3O3/c1-4-13(15,5-2)12-16-11(17-20-12)14(19-6-3)7-9-18-10-8-14/h4-10,15H2,1-3H3. The third-order valence-electron chi connectivity index (χ3n) is 4.24. The van der Waals surface area contributed by atoms with E-state index in [4.69, 9.17) is 19.7 Å². The van der Waals surface area contributed by atoms with Gasteiger partial charge in [0.1, 0.15) is 5.60 Å². The molecule has 0 radical (unpaired) electrons. The molecular formula is C14H25N3O3. The molecule has 6 heteroatoms. The lowest BCUT2D eigenvalue weighted by Gasteiger charge is -2.33. The highest BCUT2D eigenvalue weighted by molar-refractivity contribution is 5.08. The largest absolute Gasteiger partial charge is 0.381 e. The summed E-state index contributed by atoms with van der Waals surface area (Å²) in [6, 6.07) is 0. The number of nitrogens with zero attached hydrogens (tertiary/aromatic N) is 2. The van der Waals surface area contributed by atoms with Crippen molar-refractivity contribution < 1.29 is 14.0 Å². The van der Waals surface area contributed by atoms with E-state index in [-0.39, 0.29) is 0 Å². The van der Waals surface area contributed by atoms with Crippen molar-refractivity contribution in [3.8, 4) is 0 Å². The molecule has 1 saturated heterocycles. The Morgan fingerprint density at radius 2 is 1.90 bits per heavy atom. The van der Waals surface area contributed by atoms with Crippen LogP contribution in [0.5, 0.6) is 0 Å². The van der Waals surface area contributed by atoms with Crippen molar-refractivity contribution >= 4 is 0 Å². The Bertz CT molecular complexity index is 418. The van der Waals surface area contributed by atoms with Crippen LogP contribution in [-0.2, 0) is 20.6 Å². The highest BCUT2D eigenvalue weighted by Crippen LogP contribution is 2.35. The number of rotatable bonds is 6. The highest BCUT2D eigenvalue weighted by atomic mass is 16.5. The van der Waals surface area contributed by atoms with Gasteiger partial charge in [0.25, 0.3) is 0 Å². The van der Waals surface area contributed by atoms with Gasteiger partial charge >= 0.3 is 0 Å². The number of hydrogen-bond donors (Lipinski definition) is 1. The van der Waals surface area contributed by atoms with Crippen LogP contribution < -0.4 is 5.73 Å². The van der Waals surface area contributed by atoms with Gasteiger partial charge in [-0.25, -0.2) is 0 Å². The summed E-state index contributed by atoms with van der Waals surface area (Å²) >= 11 is 0. The molecule has 2 N–H and O–H groups in total. The summed E-state index contributed by atoms with van der Waals surface area (Å²) < 4.78 is 16.8. The van der Waals surface area contributed by atoms with Crippen LogP contribution >= 0.6 is 0 Å². The van der Waals surface area contributed by atoms with Crippen molar-refractivity contribution in [2.45, 2.75) is 57.6 Å². The summed E-state index contributed by atoms with van der Waals surface area (Å²) in [5.74, 6) is 1.11. The van der Waals surface area contributed by atoms with E-state index in [1.165, 1.54) is 0 Å². The number of aromatic nitrogens is 2. The summed E-state index contributed by atoms with van der Waals surface area (Å²) in [6.45, 7) is 7.95. The number of ether oxygens (including phenoxy) is 2. The Kier molecular flexibility index (Phi) is 4.78. The van der Waals surface area contributed by atoms with Crippen LogP contribution in [-0.4, -0.2) is 30.0 Å². The fraction of sp³-hybridized carbons (Fsp3) is 0.857. The van der Waals surface area contributed by atoms with Crippen molar-refractivity contribution in [3.63, 3.8) is 0 Å². The molecule has 6 nitrogen and oxygen atoms in total. The van der Waals surface area contributed by atoms with Gasteiger partial charge in [0, 0.05) is 32.7 Å². The predicted octanol–water partition coefficient (Wildman–Crippen LogP) is 2.09. The zero-order chi connectivity index (χ0) is 14.6. The van der Waals surface area contributed by atoms with Crippen LogP contribution in [0.15, 0.2) is 4.52 Å². The van der Waals surface area contributed by atoms with Crippen LogP contribution in [0.25, 0.3) is 0 Å². The summed E-state index contributed by atoms with van der Waals surface area (Å²) in [6.07, 6.45) is 3.01. The molecule has 20 heavy (non-hydrogen) atoms. The first-order valence-electron chi connectivity index (χ1n) is 7.45. The van der Waals surface area contributed by atoms with Crippen molar-refractivity contribution in [1.82, 2.24) is 10.1 Å². The molecule has 1 aliphatic heterocycles. The minimum atomic E-state index is -0.552. The van der Waals surface area contributed by atoms with E-state index >= 15 is 0 Å². The van der Waals surface area contributed by atoms with E-state index in [2.05, 4.69) is 10.1 Å². The summed E-state index contributed by atoms with van der Waals surface area (Å²) in [4.78, 5) is 4.56. The van der Waals surface area contributed by atoms with E-state index in [0.29, 0.717) is 31.5 Å². The van der Waals surface area contributed by atoms with Gasteiger partial charge in [0.15, 0.2) is 0 Å². The summed E-state index contributed by atoms with van der Waals surface area (Å²) in [5, 5.41) is 4.15. The maximum absolute atomic E-state index is 6.32. The molecule has 2 heterocycles. The molecule has 1 aromatic rings. The van der Waals surface area contributed by atoms with Crippen molar-refractivity contribution in [2.75, 3.05) is 19.8 Å². The lowest BCUT2D eigenvalue weighted by atomic mass is 9.92. The lowest BCUT2D eigenvalue weighted by Crippen LogP contribution is -2.39. The van der Waals surface area contributed by atoms with Gasteiger partial charge in [0.2, 0.25) is 11.7 Å². The predicted molar refractivity (Wildman–Crippen MR) is 74.1 cm³/mol. The van der Waals surface area contributed by atoms with Crippen LogP contribution in [0.3, 0.4) is 0 Å². The van der Waals surface area contributed by atoms with Gasteiger partial charge in [0.05, 0.1) is 5.54 Å². The molecule has 0 amide bonds. The molecule has 0 unspecified atom stereocenters. The minimum absolute atomic E-state index is 0.489. The zero-order valence-corrected chi connectivity index (χ0v) is 12.6. The molecule has 1 fully saturated rings. The Balaban J connectivity index is 2.29. The van der Waals surface area contributed by atoms with Crippen LogP contribution in [0.2, 0.25) is 0 Å². The fourth-order valence-corrected chi connectivity index (χ4v) is 2.57. The normalized spacial score (nSPS) is 19.2. The monoisotopic (exact) mass is 283 g/mol. The Morgan fingerprint density at radius 1 is 1.25 bits per heavy atom. The van der Waals surface area contributed by atoms with Gasteiger partial charge in [-0.3, -0.25) is 0 Å². The molecule has 0 atom stereocenters. The Labute approximate surface area is 120 Å². The van der Waals surface area contributed by atoms with Crippen molar-refractivity contribution in [3.05, 3.63) is 11.7 Å². The SMILES string of the molecule is CCOC1(c2noc(C(N)(CC)CC)n2)CCOCC1. The molecule has 0 spiro atoms. The molecule has 0 saturated carbocycles. The van der Waals surface area contributed by atoms with Gasteiger partial charge < -0.3 is 19.7 Å². The van der Waals surface area contributed by atoms with Crippen molar-refractivity contribution in [1.29, 1.82) is 0 Å². The Hall–Kier alpha value is -0.980. The molecule has 1 aliphatic rings. The van der Waals surface area contributed by atoms with E-state index in [1.54, 1.807) is 0 Å². The maximum Gasteiger partial charge on any atom is 0.246 e. The van der Waals surface area contributed by atoms with Gasteiger partial charge in [-0.15, -0.1) is 0 Å². The molecular weight excluding hydrogens is 258 g/mol. The first-order valence-corrected chi connectivity index (χ1v) is 7.45. The second kappa shape index (κ2) is 6.20. The van der Waals surface area contributed by atoms with E-state index in [9.17, 15) is 0 Å². The molecule has 0 bridgehead atoms. The Morgan fingerprint density at radius 3 is 2.45 bits per heavy atom. The lowest BCUT2D eigenvalue weighted by molar-refractivity contribution is -0.118. The zero-order valence-electron chi connectivity index (χ0n) is 12.6. The average Bonchev–Trinajstić information content (AvgIpc) is 2.99. The third kappa shape index (κ3) is 2.73. The van der Waals surface area contributed by atoms with E-state index < -0.39 is 11.1 Å². The van der Waals surface area contributed by atoms with Crippen LogP contribution in [0, 0.1) is 0 Å². The van der Waals surface area contributed by atoms with E-state index in [1.807, 2.05) is 20.8 Å². The second-order valence-corrected chi connectivity index (χ2v) is 5.33. The molecule has 0 aliphatic carbocycles. The number of nitrogens with two attached hydrogens (primary N) is 1.